The number of carbonyl (C=O) groups is 1. The summed E-state index contributed by atoms with van der Waals surface area (Å²) in [6.45, 7) is 3.71. The van der Waals surface area contributed by atoms with Crippen LogP contribution >= 0.6 is 0 Å². The Hall–Kier alpha value is -3.41. The largest absolute Gasteiger partial charge is 0.419 e. The second-order valence-electron chi connectivity index (χ2n) is 8.08. The number of hydrogen-bond donors (Lipinski definition) is 2. The van der Waals surface area contributed by atoms with E-state index < -0.39 is 12.1 Å². The highest BCUT2D eigenvalue weighted by atomic mass is 16.5. The van der Waals surface area contributed by atoms with Gasteiger partial charge in [-0.25, -0.2) is 4.79 Å². The van der Waals surface area contributed by atoms with Crippen molar-refractivity contribution < 1.29 is 13.9 Å². The minimum atomic E-state index is -0.640. The molecule has 1 aliphatic heterocycles. The van der Waals surface area contributed by atoms with Crippen LogP contribution in [-0.2, 0) is 23.0 Å². The zero-order chi connectivity index (χ0) is 22.7. The fourth-order valence-electron chi connectivity index (χ4n) is 3.90. The number of nitriles is 1. The van der Waals surface area contributed by atoms with Crippen molar-refractivity contribution in [3.63, 3.8) is 0 Å². The number of nitrogens with one attached hydrogen (secondary N) is 2. The predicted octanol–water partition coefficient (Wildman–Crippen LogP) is 2.04. The highest BCUT2D eigenvalue weighted by Crippen LogP contribution is 2.27. The van der Waals surface area contributed by atoms with E-state index in [-0.39, 0.29) is 11.7 Å². The number of rotatable bonds is 5. The van der Waals surface area contributed by atoms with Crippen molar-refractivity contribution in [1.29, 1.82) is 5.26 Å². The maximum Gasteiger partial charge on any atom is 0.419 e. The average Bonchev–Trinajstić information content (AvgIpc) is 2.98. The number of benzene rings is 2. The van der Waals surface area contributed by atoms with Crippen LogP contribution in [0.2, 0.25) is 0 Å². The molecule has 2 N–H and O–H groups in total. The Morgan fingerprint density at radius 1 is 1.31 bits per heavy atom. The lowest BCUT2D eigenvalue weighted by Gasteiger charge is -2.18. The first kappa shape index (κ1) is 21.8. The Bertz CT molecular complexity index is 1210. The molecule has 2 heterocycles. The van der Waals surface area contributed by atoms with Gasteiger partial charge in [-0.15, -0.1) is 0 Å². The van der Waals surface area contributed by atoms with Crippen LogP contribution in [0.25, 0.3) is 22.2 Å². The lowest BCUT2D eigenvalue weighted by molar-refractivity contribution is -0.132. The molecule has 2 aromatic carbocycles. The fourth-order valence-corrected chi connectivity index (χ4v) is 3.90. The first-order chi connectivity index (χ1) is 15.5. The van der Waals surface area contributed by atoms with E-state index in [1.165, 1.54) is 4.57 Å². The van der Waals surface area contributed by atoms with Gasteiger partial charge in [0.25, 0.3) is 5.91 Å². The SMILES string of the molecule is Cc1cc(-c2ccc(CC(C#N)NC(=O)[C@@H]3CNCCCO3)cc2)cc2c1oc(=O)n2C. The number of fused-ring (bicyclic) bond motifs is 1. The molecule has 32 heavy (non-hydrogen) atoms. The molecular formula is C24H26N4O4. The number of nitrogens with zero attached hydrogens (tertiary/aromatic N) is 2. The summed E-state index contributed by atoms with van der Waals surface area (Å²) in [5.74, 6) is -0.651. The molecule has 8 nitrogen and oxygen atoms in total. The number of carbonyl (C=O) groups excluding carboxylic acids is 1. The predicted molar refractivity (Wildman–Crippen MR) is 120 cm³/mol. The van der Waals surface area contributed by atoms with Crippen molar-refractivity contribution in [2.75, 3.05) is 19.7 Å². The van der Waals surface area contributed by atoms with E-state index in [0.29, 0.717) is 25.2 Å². The van der Waals surface area contributed by atoms with Crippen LogP contribution in [0.3, 0.4) is 0 Å². The molecule has 4 rings (SSSR count). The molecule has 1 aliphatic rings. The summed E-state index contributed by atoms with van der Waals surface area (Å²) in [5, 5.41) is 15.5. The molecule has 0 aliphatic carbocycles. The lowest BCUT2D eigenvalue weighted by atomic mass is 9.99. The monoisotopic (exact) mass is 434 g/mol. The van der Waals surface area contributed by atoms with Gasteiger partial charge in [-0.05, 0) is 54.3 Å². The highest BCUT2D eigenvalue weighted by Gasteiger charge is 2.23. The third-order valence-corrected chi connectivity index (χ3v) is 5.72. The van der Waals surface area contributed by atoms with E-state index in [1.54, 1.807) is 7.05 Å². The lowest BCUT2D eigenvalue weighted by Crippen LogP contribution is -2.46. The number of hydrogen-bond acceptors (Lipinski definition) is 6. The topological polar surface area (TPSA) is 109 Å². The summed E-state index contributed by atoms with van der Waals surface area (Å²) in [6.07, 6.45) is 0.686. The zero-order valence-electron chi connectivity index (χ0n) is 18.2. The quantitative estimate of drug-likeness (QED) is 0.636. The molecule has 0 saturated carbocycles. The second kappa shape index (κ2) is 9.39. The van der Waals surface area contributed by atoms with Crippen LogP contribution in [0.5, 0.6) is 0 Å². The molecule has 0 bridgehead atoms. The molecule has 0 spiro atoms. The van der Waals surface area contributed by atoms with Crippen LogP contribution in [0.1, 0.15) is 17.5 Å². The number of amides is 1. The van der Waals surface area contributed by atoms with Gasteiger partial charge < -0.3 is 19.8 Å². The molecular weight excluding hydrogens is 408 g/mol. The first-order valence-corrected chi connectivity index (χ1v) is 10.7. The van der Waals surface area contributed by atoms with Gasteiger partial charge in [0.1, 0.15) is 12.1 Å². The van der Waals surface area contributed by atoms with Crippen molar-refractivity contribution >= 4 is 17.0 Å². The Morgan fingerprint density at radius 2 is 2.09 bits per heavy atom. The third-order valence-electron chi connectivity index (χ3n) is 5.72. The molecule has 1 saturated heterocycles. The van der Waals surface area contributed by atoms with Gasteiger partial charge in [-0.3, -0.25) is 9.36 Å². The minimum Gasteiger partial charge on any atom is -0.407 e. The first-order valence-electron chi connectivity index (χ1n) is 10.7. The van der Waals surface area contributed by atoms with Crippen molar-refractivity contribution in [3.05, 3.63) is 58.1 Å². The van der Waals surface area contributed by atoms with Gasteiger partial charge in [-0.1, -0.05) is 24.3 Å². The van der Waals surface area contributed by atoms with Crippen molar-refractivity contribution in [2.24, 2.45) is 7.05 Å². The van der Waals surface area contributed by atoms with E-state index in [1.807, 2.05) is 43.3 Å². The number of oxazole rings is 1. The van der Waals surface area contributed by atoms with Gasteiger partial charge in [0, 0.05) is 26.6 Å². The van der Waals surface area contributed by atoms with Gasteiger partial charge in [-0.2, -0.15) is 5.26 Å². The summed E-state index contributed by atoms with van der Waals surface area (Å²) < 4.78 is 12.4. The fraction of sp³-hybridized carbons (Fsp3) is 0.375. The number of aromatic nitrogens is 1. The molecule has 1 amide bonds. The highest BCUT2D eigenvalue weighted by molar-refractivity contribution is 5.84. The van der Waals surface area contributed by atoms with Crippen LogP contribution in [0.4, 0.5) is 0 Å². The summed E-state index contributed by atoms with van der Waals surface area (Å²) >= 11 is 0. The van der Waals surface area contributed by atoms with Crippen molar-refractivity contribution in [1.82, 2.24) is 15.2 Å². The maximum absolute atomic E-state index is 12.5. The van der Waals surface area contributed by atoms with E-state index in [0.717, 1.165) is 40.7 Å². The average molecular weight is 434 g/mol. The molecule has 166 valence electrons. The Morgan fingerprint density at radius 3 is 2.84 bits per heavy atom. The van der Waals surface area contributed by atoms with Gasteiger partial charge in [0.2, 0.25) is 0 Å². The van der Waals surface area contributed by atoms with Gasteiger partial charge >= 0.3 is 5.76 Å². The van der Waals surface area contributed by atoms with E-state index >= 15 is 0 Å². The van der Waals surface area contributed by atoms with E-state index in [2.05, 4.69) is 16.7 Å². The van der Waals surface area contributed by atoms with Crippen molar-refractivity contribution in [2.45, 2.75) is 31.9 Å². The molecule has 2 atom stereocenters. The van der Waals surface area contributed by atoms with Crippen LogP contribution in [-0.4, -0.2) is 42.3 Å². The molecule has 1 aromatic heterocycles. The summed E-state index contributed by atoms with van der Waals surface area (Å²) in [7, 11) is 1.69. The Labute approximate surface area is 185 Å². The second-order valence-corrected chi connectivity index (χ2v) is 8.08. The normalized spacial score (nSPS) is 17.5. The van der Waals surface area contributed by atoms with Gasteiger partial charge in [0.15, 0.2) is 5.58 Å². The van der Waals surface area contributed by atoms with Gasteiger partial charge in [0.05, 0.1) is 11.6 Å². The zero-order valence-corrected chi connectivity index (χ0v) is 18.2. The standard InChI is InChI=1S/C24H26N4O4/c1-15-10-18(12-20-22(15)32-24(30)28(20)2)17-6-4-16(5-7-17)11-19(13-25)27-23(29)21-14-26-8-3-9-31-21/h4-7,10,12,19,21,26H,3,8-9,11,14H2,1-2H3,(H,27,29)/t19?,21-/m0/s1. The number of ether oxygens (including phenoxy) is 1. The Kier molecular flexibility index (Phi) is 6.40. The van der Waals surface area contributed by atoms with Crippen molar-refractivity contribution in [3.8, 4) is 17.2 Å². The molecule has 3 aromatic rings. The van der Waals surface area contributed by atoms with E-state index in [9.17, 15) is 14.9 Å². The summed E-state index contributed by atoms with van der Waals surface area (Å²) in [4.78, 5) is 24.3. The van der Waals surface area contributed by atoms with Crippen LogP contribution < -0.4 is 16.4 Å². The molecule has 0 radical (unpaired) electrons. The smallest absolute Gasteiger partial charge is 0.407 e. The third kappa shape index (κ3) is 4.59. The summed E-state index contributed by atoms with van der Waals surface area (Å²) in [5.41, 5.74) is 5.13. The molecule has 1 fully saturated rings. The Balaban J connectivity index is 1.47. The van der Waals surface area contributed by atoms with E-state index in [4.69, 9.17) is 9.15 Å². The molecule has 1 unspecified atom stereocenters. The van der Waals surface area contributed by atoms with Crippen LogP contribution in [0, 0.1) is 18.3 Å². The summed E-state index contributed by atoms with van der Waals surface area (Å²) in [6, 6.07) is 13.3. The van der Waals surface area contributed by atoms with Crippen LogP contribution in [0.15, 0.2) is 45.6 Å². The molecule has 8 heteroatoms. The maximum atomic E-state index is 12.5. The number of aryl methyl sites for hydroxylation is 2. The minimum absolute atomic E-state index is 0.267.